The van der Waals surface area contributed by atoms with Crippen LogP contribution in [0.15, 0.2) is 22.6 Å². The summed E-state index contributed by atoms with van der Waals surface area (Å²) in [5.41, 5.74) is 16.6. The second-order valence-electron chi connectivity index (χ2n) is 3.90. The van der Waals surface area contributed by atoms with E-state index in [0.717, 1.165) is 12.1 Å². The maximum atomic E-state index is 12.3. The number of ether oxygens (including phenoxy) is 1. The monoisotopic (exact) mass is 288 g/mol. The number of alkyl halides is 3. The highest BCUT2D eigenvalue weighted by molar-refractivity contribution is 5.69. The highest BCUT2D eigenvalue weighted by Crippen LogP contribution is 2.32. The molecule has 6 nitrogen and oxygen atoms in total. The molecule has 108 valence electrons. The molecule has 0 aliphatic rings. The highest BCUT2D eigenvalue weighted by Gasteiger charge is 2.34. The third-order valence-corrected chi connectivity index (χ3v) is 2.38. The number of nitrogen functional groups attached to an aromatic ring is 3. The average Bonchev–Trinajstić information content (AvgIpc) is 2.80. The molecule has 0 fully saturated rings. The fraction of sp³-hybridized carbons (Fsp3) is 0.182. The zero-order chi connectivity index (χ0) is 14.9. The number of anilines is 3. The summed E-state index contributed by atoms with van der Waals surface area (Å²) >= 11 is 0. The van der Waals surface area contributed by atoms with E-state index >= 15 is 0 Å². The maximum Gasteiger partial charge on any atom is 0.449 e. The van der Waals surface area contributed by atoms with Gasteiger partial charge in [-0.1, -0.05) is 0 Å². The molecule has 0 aromatic carbocycles. The van der Waals surface area contributed by atoms with Crippen molar-refractivity contribution in [1.82, 2.24) is 4.98 Å². The third-order valence-electron chi connectivity index (χ3n) is 2.38. The van der Waals surface area contributed by atoms with Gasteiger partial charge in [-0.2, -0.15) is 13.2 Å². The minimum Gasteiger partial charge on any atom is -0.483 e. The lowest BCUT2D eigenvalue weighted by Gasteiger charge is -2.09. The van der Waals surface area contributed by atoms with Crippen molar-refractivity contribution in [1.29, 1.82) is 0 Å². The Bertz CT molecular complexity index is 625. The Morgan fingerprint density at radius 3 is 2.50 bits per heavy atom. The van der Waals surface area contributed by atoms with E-state index in [1.807, 2.05) is 0 Å². The Balaban J connectivity index is 2.11. The molecule has 0 saturated heterocycles. The summed E-state index contributed by atoms with van der Waals surface area (Å²) in [6, 6.07) is 3.30. The minimum atomic E-state index is -4.54. The number of hydrogen-bond acceptors (Lipinski definition) is 6. The fourth-order valence-electron chi connectivity index (χ4n) is 1.45. The molecule has 0 aliphatic heterocycles. The SMILES string of the molecule is Nc1cc(OCc2ccc(C(F)(F)F)o2)c(N)c(N)n1. The summed E-state index contributed by atoms with van der Waals surface area (Å²) in [7, 11) is 0. The molecule has 20 heavy (non-hydrogen) atoms. The number of furan rings is 1. The predicted molar refractivity (Wildman–Crippen MR) is 65.5 cm³/mol. The van der Waals surface area contributed by atoms with Gasteiger partial charge in [-0.15, -0.1) is 0 Å². The zero-order valence-corrected chi connectivity index (χ0v) is 10.1. The molecule has 0 unspecified atom stereocenters. The summed E-state index contributed by atoms with van der Waals surface area (Å²) in [5, 5.41) is 0. The van der Waals surface area contributed by atoms with Crippen molar-refractivity contribution in [3.05, 3.63) is 29.7 Å². The molecule has 2 heterocycles. The van der Waals surface area contributed by atoms with Crippen molar-refractivity contribution in [2.75, 3.05) is 17.2 Å². The van der Waals surface area contributed by atoms with Gasteiger partial charge in [0.05, 0.1) is 0 Å². The Labute approximate surface area is 111 Å². The van der Waals surface area contributed by atoms with Gasteiger partial charge in [0, 0.05) is 6.07 Å². The molecule has 0 radical (unpaired) electrons. The number of pyridine rings is 1. The van der Waals surface area contributed by atoms with Crippen LogP contribution in [0.25, 0.3) is 0 Å². The summed E-state index contributed by atoms with van der Waals surface area (Å²) < 4.78 is 46.8. The lowest BCUT2D eigenvalue weighted by atomic mass is 10.3. The van der Waals surface area contributed by atoms with Crippen molar-refractivity contribution in [3.63, 3.8) is 0 Å². The van der Waals surface area contributed by atoms with Crippen LogP contribution in [0.1, 0.15) is 11.5 Å². The Kier molecular flexibility index (Phi) is 3.35. The smallest absolute Gasteiger partial charge is 0.449 e. The van der Waals surface area contributed by atoms with E-state index in [1.165, 1.54) is 6.07 Å². The second-order valence-corrected chi connectivity index (χ2v) is 3.90. The number of rotatable bonds is 3. The lowest BCUT2D eigenvalue weighted by molar-refractivity contribution is -0.153. The van der Waals surface area contributed by atoms with Gasteiger partial charge in [-0.25, -0.2) is 4.98 Å². The van der Waals surface area contributed by atoms with Crippen molar-refractivity contribution in [2.45, 2.75) is 12.8 Å². The van der Waals surface area contributed by atoms with E-state index in [9.17, 15) is 13.2 Å². The first-order valence-corrected chi connectivity index (χ1v) is 5.37. The topological polar surface area (TPSA) is 113 Å². The first kappa shape index (κ1) is 13.8. The molecular formula is C11H11F3N4O2. The van der Waals surface area contributed by atoms with Gasteiger partial charge in [0.25, 0.3) is 0 Å². The average molecular weight is 288 g/mol. The van der Waals surface area contributed by atoms with E-state index in [4.69, 9.17) is 21.9 Å². The first-order valence-electron chi connectivity index (χ1n) is 5.37. The third kappa shape index (κ3) is 2.87. The molecule has 0 amide bonds. The van der Waals surface area contributed by atoms with Crippen LogP contribution in [0.2, 0.25) is 0 Å². The number of nitrogens with two attached hydrogens (primary N) is 3. The number of halogens is 3. The fourth-order valence-corrected chi connectivity index (χ4v) is 1.45. The summed E-state index contributed by atoms with van der Waals surface area (Å²) in [6.45, 7) is -0.247. The normalized spacial score (nSPS) is 11.6. The molecule has 0 bridgehead atoms. The van der Waals surface area contributed by atoms with Crippen LogP contribution in [-0.2, 0) is 12.8 Å². The van der Waals surface area contributed by atoms with Gasteiger partial charge in [0.1, 0.15) is 29.6 Å². The van der Waals surface area contributed by atoms with Gasteiger partial charge < -0.3 is 26.4 Å². The van der Waals surface area contributed by atoms with Gasteiger partial charge in [0.15, 0.2) is 5.82 Å². The lowest BCUT2D eigenvalue weighted by Crippen LogP contribution is -2.05. The second kappa shape index (κ2) is 4.83. The van der Waals surface area contributed by atoms with Crippen molar-refractivity contribution in [3.8, 4) is 5.75 Å². The maximum absolute atomic E-state index is 12.3. The molecule has 2 aromatic rings. The predicted octanol–water partition coefficient (Wildman–Crippen LogP) is 2.02. The van der Waals surface area contributed by atoms with Crippen molar-refractivity contribution >= 4 is 17.3 Å². The molecule has 0 spiro atoms. The Morgan fingerprint density at radius 1 is 1.20 bits per heavy atom. The molecule has 6 N–H and O–H groups in total. The molecule has 0 saturated carbocycles. The van der Waals surface area contributed by atoms with E-state index in [0.29, 0.717) is 0 Å². The van der Waals surface area contributed by atoms with Crippen LogP contribution < -0.4 is 21.9 Å². The standard InChI is InChI=1S/C11H11F3N4O2/c12-11(13,14)7-2-1-5(20-7)4-19-6-3-8(15)18-10(17)9(6)16/h1-3H,4,16H2,(H4,15,17,18). The zero-order valence-electron chi connectivity index (χ0n) is 10.1. The molecule has 0 aliphatic carbocycles. The Hall–Kier alpha value is -2.58. The van der Waals surface area contributed by atoms with Gasteiger partial charge in [-0.3, -0.25) is 0 Å². The van der Waals surface area contributed by atoms with Crippen LogP contribution in [0.4, 0.5) is 30.5 Å². The van der Waals surface area contributed by atoms with E-state index in [-0.39, 0.29) is 35.4 Å². The van der Waals surface area contributed by atoms with Gasteiger partial charge in [-0.05, 0) is 12.1 Å². The van der Waals surface area contributed by atoms with Crippen LogP contribution in [0.3, 0.4) is 0 Å². The molecule has 2 rings (SSSR count). The summed E-state index contributed by atoms with van der Waals surface area (Å²) in [5.74, 6) is -0.916. The van der Waals surface area contributed by atoms with Crippen molar-refractivity contribution in [2.24, 2.45) is 0 Å². The molecular weight excluding hydrogens is 277 g/mol. The number of nitrogens with zero attached hydrogens (tertiary/aromatic N) is 1. The van der Waals surface area contributed by atoms with Crippen LogP contribution in [-0.4, -0.2) is 4.98 Å². The quantitative estimate of drug-likeness (QED) is 0.796. The molecule has 2 aromatic heterocycles. The van der Waals surface area contributed by atoms with E-state index in [2.05, 4.69) is 9.40 Å². The van der Waals surface area contributed by atoms with E-state index < -0.39 is 11.9 Å². The van der Waals surface area contributed by atoms with Crippen LogP contribution >= 0.6 is 0 Å². The van der Waals surface area contributed by atoms with E-state index in [1.54, 1.807) is 0 Å². The van der Waals surface area contributed by atoms with Crippen LogP contribution in [0, 0.1) is 0 Å². The van der Waals surface area contributed by atoms with Gasteiger partial charge in [0.2, 0.25) is 5.76 Å². The molecule has 0 atom stereocenters. The largest absolute Gasteiger partial charge is 0.483 e. The van der Waals surface area contributed by atoms with Gasteiger partial charge >= 0.3 is 6.18 Å². The number of hydrogen-bond donors (Lipinski definition) is 3. The Morgan fingerprint density at radius 2 is 1.90 bits per heavy atom. The minimum absolute atomic E-state index is 0.00863. The summed E-state index contributed by atoms with van der Waals surface area (Å²) in [6.07, 6.45) is -4.54. The summed E-state index contributed by atoms with van der Waals surface area (Å²) in [4.78, 5) is 3.70. The number of aromatic nitrogens is 1. The van der Waals surface area contributed by atoms with Crippen molar-refractivity contribution < 1.29 is 22.3 Å². The first-order chi connectivity index (χ1) is 9.27. The molecule has 9 heteroatoms. The highest BCUT2D eigenvalue weighted by atomic mass is 19.4. The van der Waals surface area contributed by atoms with Crippen LogP contribution in [0.5, 0.6) is 5.75 Å².